The molecular formula is C9H7N5. The van der Waals surface area contributed by atoms with Gasteiger partial charge in [-0.25, -0.2) is 0 Å². The van der Waals surface area contributed by atoms with Crippen molar-refractivity contribution in [2.75, 3.05) is 0 Å². The van der Waals surface area contributed by atoms with Crippen LogP contribution in [-0.4, -0.2) is 25.3 Å². The van der Waals surface area contributed by atoms with Gasteiger partial charge in [-0.15, -0.1) is 9.73 Å². The van der Waals surface area contributed by atoms with Crippen molar-refractivity contribution in [3.8, 4) is 11.3 Å². The van der Waals surface area contributed by atoms with Crippen LogP contribution < -0.4 is 0 Å². The number of hydrogen-bond acceptors (Lipinski definition) is 3. The Bertz CT molecular complexity index is 522. The van der Waals surface area contributed by atoms with Crippen molar-refractivity contribution in [3.05, 3.63) is 36.4 Å². The van der Waals surface area contributed by atoms with Gasteiger partial charge >= 0.3 is 0 Å². The Balaban J connectivity index is 2.19. The fraction of sp³-hybridized carbons (Fsp3) is 0. The lowest BCUT2D eigenvalue weighted by molar-refractivity contribution is 0.745. The van der Waals surface area contributed by atoms with Gasteiger partial charge in [0.1, 0.15) is 0 Å². The van der Waals surface area contributed by atoms with Crippen LogP contribution in [0.4, 0.5) is 0 Å². The zero-order chi connectivity index (χ0) is 9.38. The minimum absolute atomic E-state index is 0.726. The first-order chi connectivity index (χ1) is 6.93. The molecule has 0 saturated carbocycles. The highest BCUT2D eigenvalue weighted by molar-refractivity contribution is 5.63. The molecule has 0 unspecified atom stereocenters. The molecule has 0 radical (unpaired) electrons. The molecule has 0 bridgehead atoms. The molecule has 0 fully saturated rings. The van der Waals surface area contributed by atoms with Crippen molar-refractivity contribution in [2.45, 2.75) is 0 Å². The second-order valence-corrected chi connectivity index (χ2v) is 2.98. The van der Waals surface area contributed by atoms with E-state index < -0.39 is 0 Å². The summed E-state index contributed by atoms with van der Waals surface area (Å²) < 4.78 is 1.54. The molecule has 0 aliphatic rings. The van der Waals surface area contributed by atoms with Crippen molar-refractivity contribution in [2.24, 2.45) is 0 Å². The molecule has 0 spiro atoms. The maximum Gasteiger partial charge on any atom is 0.199 e. The molecule has 0 aliphatic carbocycles. The number of fused-ring (bicyclic) bond motifs is 1. The Morgan fingerprint density at radius 3 is 2.79 bits per heavy atom. The highest BCUT2D eigenvalue weighted by Crippen LogP contribution is 2.17. The summed E-state index contributed by atoms with van der Waals surface area (Å²) in [7, 11) is 0. The molecule has 1 aromatic carbocycles. The topological polar surface area (TPSA) is 58.9 Å². The molecule has 0 aliphatic heterocycles. The summed E-state index contributed by atoms with van der Waals surface area (Å²) in [6.45, 7) is 0. The van der Waals surface area contributed by atoms with E-state index in [9.17, 15) is 0 Å². The Morgan fingerprint density at radius 1 is 1.14 bits per heavy atom. The summed E-state index contributed by atoms with van der Waals surface area (Å²) in [4.78, 5) is 0. The second-order valence-electron chi connectivity index (χ2n) is 2.98. The first kappa shape index (κ1) is 7.25. The lowest BCUT2D eigenvalue weighted by Gasteiger charge is -1.93. The molecule has 0 amide bonds. The van der Waals surface area contributed by atoms with E-state index in [-0.39, 0.29) is 0 Å². The van der Waals surface area contributed by atoms with Gasteiger partial charge in [-0.05, 0) is 16.0 Å². The predicted octanol–water partition coefficient (Wildman–Crippen LogP) is 1.12. The third-order valence-electron chi connectivity index (χ3n) is 2.08. The number of nitrogens with one attached hydrogen (secondary N) is 1. The van der Waals surface area contributed by atoms with E-state index in [1.165, 1.54) is 0 Å². The van der Waals surface area contributed by atoms with Gasteiger partial charge in [0.2, 0.25) is 0 Å². The highest BCUT2D eigenvalue weighted by Gasteiger charge is 2.03. The number of aromatic nitrogens is 5. The number of rotatable bonds is 1. The van der Waals surface area contributed by atoms with Gasteiger partial charge in [-0.2, -0.15) is 0 Å². The maximum atomic E-state index is 3.84. The highest BCUT2D eigenvalue weighted by atomic mass is 15.6. The first-order valence-electron chi connectivity index (χ1n) is 4.26. The molecule has 5 nitrogen and oxygen atoms in total. The normalized spacial score (nSPS) is 10.9. The lowest BCUT2D eigenvalue weighted by atomic mass is 10.2. The number of hydrogen-bond donors (Lipinski definition) is 1. The van der Waals surface area contributed by atoms with E-state index in [2.05, 4.69) is 20.6 Å². The Morgan fingerprint density at radius 2 is 2.00 bits per heavy atom. The Kier molecular flexibility index (Phi) is 1.38. The second kappa shape index (κ2) is 2.66. The molecule has 5 heteroatoms. The molecule has 0 saturated heterocycles. The van der Waals surface area contributed by atoms with Gasteiger partial charge in [0.25, 0.3) is 0 Å². The van der Waals surface area contributed by atoms with Crippen LogP contribution in [-0.2, 0) is 0 Å². The van der Waals surface area contributed by atoms with Gasteiger partial charge in [-0.3, -0.25) is 5.10 Å². The zero-order valence-electron chi connectivity index (χ0n) is 7.25. The van der Waals surface area contributed by atoms with E-state index in [4.69, 9.17) is 0 Å². The smallest absolute Gasteiger partial charge is 0.199 e. The molecule has 0 atom stereocenters. The molecule has 3 aromatic rings. The van der Waals surface area contributed by atoms with E-state index in [1.807, 2.05) is 36.4 Å². The Hall–Kier alpha value is -2.17. The van der Waals surface area contributed by atoms with Crippen molar-refractivity contribution >= 4 is 5.65 Å². The van der Waals surface area contributed by atoms with Crippen molar-refractivity contribution in [1.82, 2.24) is 25.3 Å². The minimum atomic E-state index is 0.726. The predicted molar refractivity (Wildman–Crippen MR) is 50.6 cm³/mol. The summed E-state index contributed by atoms with van der Waals surface area (Å²) in [5.74, 6) is 0. The van der Waals surface area contributed by atoms with Crippen molar-refractivity contribution in [1.29, 1.82) is 0 Å². The first-order valence-corrected chi connectivity index (χ1v) is 4.26. The third kappa shape index (κ3) is 0.990. The van der Waals surface area contributed by atoms with Crippen LogP contribution in [0.1, 0.15) is 0 Å². The van der Waals surface area contributed by atoms with E-state index in [0.29, 0.717) is 0 Å². The van der Waals surface area contributed by atoms with Crippen molar-refractivity contribution < 1.29 is 0 Å². The largest absolute Gasteiger partial charge is 0.274 e. The van der Waals surface area contributed by atoms with Crippen LogP contribution in [0.3, 0.4) is 0 Å². The molecule has 68 valence electrons. The van der Waals surface area contributed by atoms with E-state index >= 15 is 0 Å². The van der Waals surface area contributed by atoms with Gasteiger partial charge in [0, 0.05) is 6.07 Å². The fourth-order valence-electron chi connectivity index (χ4n) is 1.40. The van der Waals surface area contributed by atoms with Gasteiger partial charge in [0.05, 0.1) is 5.69 Å². The lowest BCUT2D eigenvalue weighted by Crippen LogP contribution is -1.87. The summed E-state index contributed by atoms with van der Waals surface area (Å²) >= 11 is 0. The quantitative estimate of drug-likeness (QED) is 0.618. The number of aromatic amines is 1. The van der Waals surface area contributed by atoms with Crippen LogP contribution in [0, 0.1) is 0 Å². The van der Waals surface area contributed by atoms with E-state index in [0.717, 1.165) is 16.9 Å². The van der Waals surface area contributed by atoms with Crippen molar-refractivity contribution in [3.63, 3.8) is 0 Å². The number of nitrogens with zero attached hydrogens (tertiary/aromatic N) is 4. The maximum absolute atomic E-state index is 3.84. The molecule has 2 heterocycles. The average Bonchev–Trinajstić information content (AvgIpc) is 2.78. The monoisotopic (exact) mass is 185 g/mol. The summed E-state index contributed by atoms with van der Waals surface area (Å²) in [6.07, 6.45) is 0. The van der Waals surface area contributed by atoms with Crippen LogP contribution in [0.2, 0.25) is 0 Å². The number of tetrazole rings is 1. The summed E-state index contributed by atoms with van der Waals surface area (Å²) in [5.41, 5.74) is 2.83. The van der Waals surface area contributed by atoms with Crippen LogP contribution in [0.15, 0.2) is 36.4 Å². The standard InChI is InChI=1S/C9H7N5/c1-2-4-7(5-3-1)8-6-9-10-12-13-14(9)11-8/h1-6,11H. The number of H-pyrrole nitrogens is 1. The number of benzene rings is 1. The van der Waals surface area contributed by atoms with Gasteiger partial charge < -0.3 is 0 Å². The Labute approximate surface area is 79.3 Å². The van der Waals surface area contributed by atoms with Crippen LogP contribution >= 0.6 is 0 Å². The molecule has 1 N–H and O–H groups in total. The average molecular weight is 185 g/mol. The molecular weight excluding hydrogens is 178 g/mol. The third-order valence-corrected chi connectivity index (χ3v) is 2.08. The SMILES string of the molecule is c1ccc(-c2cc3nnnn3[nH]2)cc1. The molecule has 3 rings (SSSR count). The molecule has 2 aromatic heterocycles. The van der Waals surface area contributed by atoms with E-state index in [1.54, 1.807) is 4.63 Å². The minimum Gasteiger partial charge on any atom is -0.274 e. The van der Waals surface area contributed by atoms with Crippen LogP contribution in [0.5, 0.6) is 0 Å². The summed E-state index contributed by atoms with van der Waals surface area (Å²) in [5, 5.41) is 14.2. The van der Waals surface area contributed by atoms with Gasteiger partial charge in [-0.1, -0.05) is 30.3 Å². The van der Waals surface area contributed by atoms with Crippen LogP contribution in [0.25, 0.3) is 16.9 Å². The zero-order valence-corrected chi connectivity index (χ0v) is 7.25. The van der Waals surface area contributed by atoms with Gasteiger partial charge in [0.15, 0.2) is 5.65 Å². The fourth-order valence-corrected chi connectivity index (χ4v) is 1.40. The molecule has 14 heavy (non-hydrogen) atoms. The summed E-state index contributed by atoms with van der Waals surface area (Å²) in [6, 6.07) is 11.9.